The number of para-hydroxylation sites is 2. The Labute approximate surface area is 203 Å². The maximum atomic E-state index is 12.8. The van der Waals surface area contributed by atoms with Crippen LogP contribution in [0.15, 0.2) is 72.8 Å². The monoisotopic (exact) mass is 460 g/mol. The molecule has 4 heteroatoms. The smallest absolute Gasteiger partial charge is 0.343 e. The quantitative estimate of drug-likeness (QED) is 0.147. The Kier molecular flexibility index (Phi) is 10.2. The van der Waals surface area contributed by atoms with Gasteiger partial charge in [-0.3, -0.25) is 0 Å². The van der Waals surface area contributed by atoms with Crippen molar-refractivity contribution in [2.45, 2.75) is 58.5 Å². The lowest BCUT2D eigenvalue weighted by Gasteiger charge is -2.12. The van der Waals surface area contributed by atoms with Crippen LogP contribution in [0.1, 0.15) is 74.4 Å². The number of unbranched alkanes of at least 4 members (excludes halogenated alkanes) is 5. The van der Waals surface area contributed by atoms with E-state index in [4.69, 9.17) is 14.2 Å². The number of rotatable bonds is 13. The van der Waals surface area contributed by atoms with Crippen LogP contribution in [0.5, 0.6) is 11.5 Å². The van der Waals surface area contributed by atoms with E-state index in [0.29, 0.717) is 23.7 Å². The van der Waals surface area contributed by atoms with Crippen molar-refractivity contribution < 1.29 is 19.0 Å². The molecule has 0 heterocycles. The van der Waals surface area contributed by atoms with Gasteiger partial charge in [0.05, 0.1) is 18.3 Å². The topological polar surface area (TPSA) is 44.8 Å². The van der Waals surface area contributed by atoms with Crippen LogP contribution in [0.25, 0.3) is 11.1 Å². The molecule has 0 aromatic heterocycles. The summed E-state index contributed by atoms with van der Waals surface area (Å²) < 4.78 is 16.9. The second-order valence-electron chi connectivity index (χ2n) is 8.53. The first-order chi connectivity index (χ1) is 16.6. The predicted octanol–water partition coefficient (Wildman–Crippen LogP) is 8.02. The zero-order valence-corrected chi connectivity index (χ0v) is 20.6. The predicted molar refractivity (Wildman–Crippen MR) is 138 cm³/mol. The Morgan fingerprint density at radius 2 is 1.35 bits per heavy atom. The van der Waals surface area contributed by atoms with Gasteiger partial charge in [-0.15, -0.1) is 0 Å². The molecule has 1 unspecified atom stereocenters. The third kappa shape index (κ3) is 7.46. The molecule has 180 valence electrons. The van der Waals surface area contributed by atoms with Gasteiger partial charge >= 0.3 is 5.97 Å². The molecule has 0 bridgehead atoms. The van der Waals surface area contributed by atoms with Gasteiger partial charge < -0.3 is 14.2 Å². The van der Waals surface area contributed by atoms with Crippen molar-refractivity contribution in [2.24, 2.45) is 0 Å². The maximum Gasteiger partial charge on any atom is 0.343 e. The van der Waals surface area contributed by atoms with E-state index >= 15 is 0 Å². The molecule has 0 saturated heterocycles. The van der Waals surface area contributed by atoms with E-state index in [0.717, 1.165) is 29.5 Å². The van der Waals surface area contributed by atoms with Gasteiger partial charge in [0.25, 0.3) is 0 Å². The standard InChI is InChI=1S/C30H36O4/c1-4-5-6-7-8-11-22-33-28-12-9-10-13-29(28)34-30(31)27-20-18-26(19-21-27)25-16-14-24(15-17-25)23(2)32-3/h9-10,12-21,23H,4-8,11,22H2,1-3H3. The second kappa shape index (κ2) is 13.6. The lowest BCUT2D eigenvalue weighted by Crippen LogP contribution is -2.09. The lowest BCUT2D eigenvalue weighted by molar-refractivity contribution is 0.0728. The van der Waals surface area contributed by atoms with Crippen molar-refractivity contribution in [3.8, 4) is 22.6 Å². The van der Waals surface area contributed by atoms with Crippen LogP contribution in [0, 0.1) is 0 Å². The first kappa shape index (κ1) is 25.5. The molecule has 0 N–H and O–H groups in total. The number of hydrogen-bond donors (Lipinski definition) is 0. The largest absolute Gasteiger partial charge is 0.490 e. The van der Waals surface area contributed by atoms with Gasteiger partial charge in [0, 0.05) is 7.11 Å². The van der Waals surface area contributed by atoms with E-state index in [9.17, 15) is 4.79 Å². The minimum absolute atomic E-state index is 0.0591. The highest BCUT2D eigenvalue weighted by atomic mass is 16.6. The van der Waals surface area contributed by atoms with Crippen LogP contribution in [-0.2, 0) is 4.74 Å². The zero-order valence-electron chi connectivity index (χ0n) is 20.6. The number of benzene rings is 3. The average Bonchev–Trinajstić information content (AvgIpc) is 2.88. The van der Waals surface area contributed by atoms with E-state index in [1.54, 1.807) is 25.3 Å². The summed E-state index contributed by atoms with van der Waals surface area (Å²) in [6, 6.07) is 23.1. The summed E-state index contributed by atoms with van der Waals surface area (Å²) in [6.45, 7) is 4.86. The van der Waals surface area contributed by atoms with E-state index in [1.807, 2.05) is 37.3 Å². The van der Waals surface area contributed by atoms with Crippen molar-refractivity contribution in [3.63, 3.8) is 0 Å². The third-order valence-corrected chi connectivity index (χ3v) is 5.99. The van der Waals surface area contributed by atoms with Crippen molar-refractivity contribution in [1.82, 2.24) is 0 Å². The summed E-state index contributed by atoms with van der Waals surface area (Å²) in [5.41, 5.74) is 3.75. The van der Waals surface area contributed by atoms with Gasteiger partial charge in [-0.25, -0.2) is 4.79 Å². The number of carbonyl (C=O) groups excluding carboxylic acids is 1. The van der Waals surface area contributed by atoms with Crippen LogP contribution in [0.4, 0.5) is 0 Å². The molecular formula is C30H36O4. The minimum atomic E-state index is -0.397. The highest BCUT2D eigenvalue weighted by molar-refractivity contribution is 5.92. The summed E-state index contributed by atoms with van der Waals surface area (Å²) in [4.78, 5) is 12.8. The molecule has 0 radical (unpaired) electrons. The molecule has 1 atom stereocenters. The molecule has 3 rings (SSSR count). The summed E-state index contributed by atoms with van der Waals surface area (Å²) >= 11 is 0. The SMILES string of the molecule is CCCCCCCCOc1ccccc1OC(=O)c1ccc(-c2ccc(C(C)OC)cc2)cc1. The molecule has 0 amide bonds. The molecule has 4 nitrogen and oxygen atoms in total. The van der Waals surface area contributed by atoms with E-state index in [2.05, 4.69) is 31.2 Å². The Morgan fingerprint density at radius 3 is 2.00 bits per heavy atom. The van der Waals surface area contributed by atoms with Crippen LogP contribution in [0.3, 0.4) is 0 Å². The first-order valence-electron chi connectivity index (χ1n) is 12.3. The molecule has 0 saturated carbocycles. The van der Waals surface area contributed by atoms with E-state index in [-0.39, 0.29) is 6.10 Å². The van der Waals surface area contributed by atoms with Crippen LogP contribution >= 0.6 is 0 Å². The molecule has 3 aromatic rings. The summed E-state index contributed by atoms with van der Waals surface area (Å²) in [5.74, 6) is 0.656. The van der Waals surface area contributed by atoms with Gasteiger partial charge in [-0.1, -0.05) is 87.6 Å². The lowest BCUT2D eigenvalue weighted by atomic mass is 10.0. The maximum absolute atomic E-state index is 12.8. The van der Waals surface area contributed by atoms with Gasteiger partial charge in [0.15, 0.2) is 11.5 Å². The molecule has 0 aliphatic rings. The number of esters is 1. The molecule has 0 aliphatic carbocycles. The van der Waals surface area contributed by atoms with Crippen molar-refractivity contribution in [2.75, 3.05) is 13.7 Å². The highest BCUT2D eigenvalue weighted by Crippen LogP contribution is 2.28. The molecular weight excluding hydrogens is 424 g/mol. The fraction of sp³-hybridized carbons (Fsp3) is 0.367. The number of hydrogen-bond acceptors (Lipinski definition) is 4. The third-order valence-electron chi connectivity index (χ3n) is 5.99. The van der Waals surface area contributed by atoms with Gasteiger partial charge in [-0.2, -0.15) is 0 Å². The van der Waals surface area contributed by atoms with E-state index < -0.39 is 5.97 Å². The summed E-state index contributed by atoms with van der Waals surface area (Å²) in [7, 11) is 1.70. The fourth-order valence-corrected chi connectivity index (χ4v) is 3.76. The number of carbonyl (C=O) groups is 1. The minimum Gasteiger partial charge on any atom is -0.490 e. The van der Waals surface area contributed by atoms with Crippen LogP contribution in [0.2, 0.25) is 0 Å². The van der Waals surface area contributed by atoms with Crippen LogP contribution in [-0.4, -0.2) is 19.7 Å². The van der Waals surface area contributed by atoms with Crippen molar-refractivity contribution in [1.29, 1.82) is 0 Å². The Morgan fingerprint density at radius 1 is 0.765 bits per heavy atom. The Balaban J connectivity index is 1.56. The molecule has 0 spiro atoms. The average molecular weight is 461 g/mol. The molecule has 3 aromatic carbocycles. The van der Waals surface area contributed by atoms with Crippen molar-refractivity contribution in [3.05, 3.63) is 83.9 Å². The number of ether oxygens (including phenoxy) is 3. The molecule has 0 fully saturated rings. The fourth-order valence-electron chi connectivity index (χ4n) is 3.76. The summed E-state index contributed by atoms with van der Waals surface area (Å²) in [5, 5.41) is 0. The van der Waals surface area contributed by atoms with Crippen molar-refractivity contribution >= 4 is 5.97 Å². The Hall–Kier alpha value is -3.11. The van der Waals surface area contributed by atoms with E-state index in [1.165, 1.54) is 25.7 Å². The summed E-state index contributed by atoms with van der Waals surface area (Å²) in [6.07, 6.45) is 7.27. The number of methoxy groups -OCH3 is 1. The normalized spacial score (nSPS) is 11.7. The molecule has 0 aliphatic heterocycles. The zero-order chi connectivity index (χ0) is 24.2. The van der Waals surface area contributed by atoms with Gasteiger partial charge in [0.2, 0.25) is 0 Å². The van der Waals surface area contributed by atoms with Crippen LogP contribution < -0.4 is 9.47 Å². The first-order valence-corrected chi connectivity index (χ1v) is 12.3. The van der Waals surface area contributed by atoms with Gasteiger partial charge in [-0.05, 0) is 54.3 Å². The Bertz CT molecular complexity index is 1010. The second-order valence-corrected chi connectivity index (χ2v) is 8.53. The molecule has 34 heavy (non-hydrogen) atoms. The highest BCUT2D eigenvalue weighted by Gasteiger charge is 2.13. The van der Waals surface area contributed by atoms with Gasteiger partial charge in [0.1, 0.15) is 0 Å².